The first-order chi connectivity index (χ1) is 5.18. The van der Waals surface area contributed by atoms with Crippen LogP contribution < -0.4 is 5.32 Å². The number of likely N-dealkylation sites (tertiary alicyclic amines) is 1. The lowest BCUT2D eigenvalue weighted by Gasteiger charge is -2.34. The van der Waals surface area contributed by atoms with Crippen molar-refractivity contribution >= 4 is 0 Å². The van der Waals surface area contributed by atoms with Gasteiger partial charge in [-0.1, -0.05) is 13.8 Å². The first-order valence-electron chi connectivity index (χ1n) is 4.28. The number of hydrogen-bond donors (Lipinski definition) is 1. The quantitative estimate of drug-likeness (QED) is 0.649. The fraction of sp³-hybridized carbons (Fsp3) is 1.00. The largest absolute Gasteiger partial charge is 0.313 e. The van der Waals surface area contributed by atoms with Crippen molar-refractivity contribution in [2.75, 3.05) is 26.2 Å². The summed E-state index contributed by atoms with van der Waals surface area (Å²) in [6, 6.07) is 0.539. The molecule has 0 aromatic heterocycles. The van der Waals surface area contributed by atoms with Crippen molar-refractivity contribution in [3.05, 3.63) is 0 Å². The van der Waals surface area contributed by atoms with Gasteiger partial charge < -0.3 is 5.32 Å². The minimum atomic E-state index is -0.561. The van der Waals surface area contributed by atoms with E-state index in [2.05, 4.69) is 24.1 Å². The van der Waals surface area contributed by atoms with Crippen LogP contribution >= 0.6 is 0 Å². The van der Waals surface area contributed by atoms with Crippen LogP contribution in [0.25, 0.3) is 0 Å². The molecular formula is C8H17FN2. The van der Waals surface area contributed by atoms with Crippen molar-refractivity contribution < 1.29 is 4.39 Å². The van der Waals surface area contributed by atoms with Crippen LogP contribution in [0.3, 0.4) is 0 Å². The summed E-state index contributed by atoms with van der Waals surface area (Å²) >= 11 is 0. The smallest absolute Gasteiger partial charge is 0.125 e. The predicted octanol–water partition coefficient (Wildman–Crippen LogP) is 0.638. The van der Waals surface area contributed by atoms with Gasteiger partial charge in [0.15, 0.2) is 0 Å². The third kappa shape index (κ3) is 3.16. The molecule has 0 bridgehead atoms. The van der Waals surface area contributed by atoms with Gasteiger partial charge in [-0.3, -0.25) is 4.90 Å². The number of hydrogen-bond acceptors (Lipinski definition) is 2. The van der Waals surface area contributed by atoms with Gasteiger partial charge in [0.25, 0.3) is 0 Å². The molecule has 2 nitrogen and oxygen atoms in total. The molecule has 0 spiro atoms. The molecular weight excluding hydrogens is 143 g/mol. The summed E-state index contributed by atoms with van der Waals surface area (Å²) in [5.74, 6) is 0. The summed E-state index contributed by atoms with van der Waals surface area (Å²) in [6.07, 6.45) is -0.561. The van der Waals surface area contributed by atoms with Crippen molar-refractivity contribution in [1.82, 2.24) is 10.2 Å². The van der Waals surface area contributed by atoms with E-state index in [9.17, 15) is 4.39 Å². The van der Waals surface area contributed by atoms with E-state index in [0.29, 0.717) is 19.1 Å². The number of rotatable bonds is 4. The molecule has 0 radical (unpaired) electrons. The Bertz CT molecular complexity index is 111. The van der Waals surface area contributed by atoms with Crippen LogP contribution in [0.15, 0.2) is 0 Å². The lowest BCUT2D eigenvalue weighted by molar-refractivity contribution is 0.0665. The average molecular weight is 160 g/mol. The van der Waals surface area contributed by atoms with Gasteiger partial charge in [-0.2, -0.15) is 0 Å². The molecule has 1 rings (SSSR count). The monoisotopic (exact) mass is 160 g/mol. The molecule has 1 N–H and O–H groups in total. The zero-order valence-corrected chi connectivity index (χ0v) is 7.31. The molecule has 0 amide bonds. The molecule has 0 aliphatic carbocycles. The molecule has 1 aliphatic rings. The summed E-state index contributed by atoms with van der Waals surface area (Å²) < 4.78 is 12.3. The SMILES string of the molecule is CC(C)NCCN1CC(F)C1. The van der Waals surface area contributed by atoms with Gasteiger partial charge in [-0.15, -0.1) is 0 Å². The Labute approximate surface area is 67.8 Å². The van der Waals surface area contributed by atoms with Crippen LogP contribution in [0.1, 0.15) is 13.8 Å². The van der Waals surface area contributed by atoms with E-state index in [1.165, 1.54) is 0 Å². The van der Waals surface area contributed by atoms with E-state index in [4.69, 9.17) is 0 Å². The van der Waals surface area contributed by atoms with Crippen molar-refractivity contribution in [3.63, 3.8) is 0 Å². The van der Waals surface area contributed by atoms with E-state index in [-0.39, 0.29) is 0 Å². The van der Waals surface area contributed by atoms with Crippen LogP contribution in [0.5, 0.6) is 0 Å². The fourth-order valence-electron chi connectivity index (χ4n) is 1.20. The van der Waals surface area contributed by atoms with Crippen LogP contribution in [0, 0.1) is 0 Å². The van der Waals surface area contributed by atoms with Gasteiger partial charge in [-0.05, 0) is 0 Å². The molecule has 0 aromatic rings. The van der Waals surface area contributed by atoms with E-state index in [0.717, 1.165) is 13.1 Å². The van der Waals surface area contributed by atoms with E-state index in [1.54, 1.807) is 0 Å². The van der Waals surface area contributed by atoms with Gasteiger partial charge in [0.2, 0.25) is 0 Å². The third-order valence-corrected chi connectivity index (χ3v) is 1.89. The van der Waals surface area contributed by atoms with Crippen molar-refractivity contribution in [2.45, 2.75) is 26.1 Å². The van der Waals surface area contributed by atoms with E-state index in [1.807, 2.05) is 0 Å². The van der Waals surface area contributed by atoms with E-state index >= 15 is 0 Å². The van der Waals surface area contributed by atoms with Gasteiger partial charge in [-0.25, -0.2) is 4.39 Å². The number of nitrogens with one attached hydrogen (secondary N) is 1. The van der Waals surface area contributed by atoms with Crippen LogP contribution in [-0.4, -0.2) is 43.3 Å². The summed E-state index contributed by atoms with van der Waals surface area (Å²) in [5, 5.41) is 3.30. The first kappa shape index (κ1) is 8.94. The lowest BCUT2D eigenvalue weighted by atomic mass is 10.2. The highest BCUT2D eigenvalue weighted by molar-refractivity contribution is 4.79. The first-order valence-corrected chi connectivity index (χ1v) is 4.28. The maximum Gasteiger partial charge on any atom is 0.125 e. The summed E-state index contributed by atoms with van der Waals surface area (Å²) in [7, 11) is 0. The molecule has 1 heterocycles. The number of halogens is 1. The Morgan fingerprint density at radius 1 is 1.55 bits per heavy atom. The Hall–Kier alpha value is -0.150. The Kier molecular flexibility index (Phi) is 3.27. The molecule has 11 heavy (non-hydrogen) atoms. The zero-order valence-electron chi connectivity index (χ0n) is 7.31. The maximum absolute atomic E-state index is 12.3. The van der Waals surface area contributed by atoms with Crippen LogP contribution in [0.4, 0.5) is 4.39 Å². The maximum atomic E-state index is 12.3. The highest BCUT2D eigenvalue weighted by Gasteiger charge is 2.24. The molecule has 66 valence electrons. The van der Waals surface area contributed by atoms with Crippen LogP contribution in [0.2, 0.25) is 0 Å². The minimum Gasteiger partial charge on any atom is -0.313 e. The molecule has 0 atom stereocenters. The molecule has 1 aliphatic heterocycles. The Balaban J connectivity index is 1.89. The fourth-order valence-corrected chi connectivity index (χ4v) is 1.20. The van der Waals surface area contributed by atoms with E-state index < -0.39 is 6.17 Å². The third-order valence-electron chi connectivity index (χ3n) is 1.89. The standard InChI is InChI=1S/C8H17FN2/c1-7(2)10-3-4-11-5-8(9)6-11/h7-8,10H,3-6H2,1-2H3. The normalized spacial score (nSPS) is 20.7. The number of alkyl halides is 1. The van der Waals surface area contributed by atoms with Crippen molar-refractivity contribution in [2.24, 2.45) is 0 Å². The lowest BCUT2D eigenvalue weighted by Crippen LogP contribution is -2.50. The highest BCUT2D eigenvalue weighted by atomic mass is 19.1. The zero-order chi connectivity index (χ0) is 8.27. The highest BCUT2D eigenvalue weighted by Crippen LogP contribution is 2.09. The van der Waals surface area contributed by atoms with Gasteiger partial charge >= 0.3 is 0 Å². The van der Waals surface area contributed by atoms with Crippen molar-refractivity contribution in [1.29, 1.82) is 0 Å². The second-order valence-electron chi connectivity index (χ2n) is 3.47. The predicted molar refractivity (Wildman–Crippen MR) is 44.5 cm³/mol. The summed E-state index contributed by atoms with van der Waals surface area (Å²) in [6.45, 7) is 7.48. The minimum absolute atomic E-state index is 0.539. The summed E-state index contributed by atoms with van der Waals surface area (Å²) in [5.41, 5.74) is 0. The average Bonchev–Trinajstić information content (AvgIpc) is 1.83. The Morgan fingerprint density at radius 3 is 2.64 bits per heavy atom. The molecule has 1 saturated heterocycles. The van der Waals surface area contributed by atoms with Gasteiger partial charge in [0.1, 0.15) is 6.17 Å². The van der Waals surface area contributed by atoms with Crippen LogP contribution in [-0.2, 0) is 0 Å². The Morgan fingerprint density at radius 2 is 2.18 bits per heavy atom. The van der Waals surface area contributed by atoms with Crippen molar-refractivity contribution in [3.8, 4) is 0 Å². The van der Waals surface area contributed by atoms with Gasteiger partial charge in [0.05, 0.1) is 0 Å². The summed E-state index contributed by atoms with van der Waals surface area (Å²) in [4.78, 5) is 2.13. The molecule has 3 heteroatoms. The molecule has 0 unspecified atom stereocenters. The second-order valence-corrected chi connectivity index (χ2v) is 3.47. The molecule has 1 fully saturated rings. The van der Waals surface area contributed by atoms with Gasteiger partial charge in [0, 0.05) is 32.2 Å². The second kappa shape index (κ2) is 4.02. The molecule has 0 saturated carbocycles. The number of nitrogens with zero attached hydrogens (tertiary/aromatic N) is 1. The topological polar surface area (TPSA) is 15.3 Å². The molecule has 0 aromatic carbocycles.